The third-order valence-electron chi connectivity index (χ3n) is 4.70. The van der Waals surface area contributed by atoms with Crippen molar-refractivity contribution in [2.45, 2.75) is 18.9 Å². The van der Waals surface area contributed by atoms with E-state index in [0.717, 1.165) is 24.6 Å². The van der Waals surface area contributed by atoms with Gasteiger partial charge in [0.1, 0.15) is 10.9 Å². The molecule has 0 unspecified atom stereocenters. The highest BCUT2D eigenvalue weighted by Crippen LogP contribution is 2.44. The molecule has 0 saturated carbocycles. The molecule has 2 amide bonds. The summed E-state index contributed by atoms with van der Waals surface area (Å²) in [4.78, 5) is 40.0. The number of carbonyl (C=O) groups excluding carboxylic acids is 2. The Labute approximate surface area is 164 Å². The minimum atomic E-state index is -1.12. The molecule has 1 aromatic rings. The number of hydrogen-bond donors (Lipinski definition) is 1. The summed E-state index contributed by atoms with van der Waals surface area (Å²) in [5.41, 5.74) is 1.27. The first-order valence-corrected chi connectivity index (χ1v) is 9.72. The summed E-state index contributed by atoms with van der Waals surface area (Å²) in [7, 11) is 0. The van der Waals surface area contributed by atoms with Crippen molar-refractivity contribution in [1.82, 2.24) is 4.90 Å². The number of carboxylic acid groups (broad SMARTS) is 1. The highest BCUT2D eigenvalue weighted by Gasteiger charge is 2.43. The van der Waals surface area contributed by atoms with E-state index in [4.69, 9.17) is 22.1 Å². The second-order valence-electron chi connectivity index (χ2n) is 6.43. The van der Waals surface area contributed by atoms with E-state index in [2.05, 4.69) is 0 Å². The Hall–Kier alpha value is -2.23. The van der Waals surface area contributed by atoms with Gasteiger partial charge >= 0.3 is 5.97 Å². The van der Waals surface area contributed by atoms with Gasteiger partial charge < -0.3 is 9.84 Å². The van der Waals surface area contributed by atoms with Crippen LogP contribution in [0, 0.1) is 0 Å². The molecule has 4 rings (SSSR count). The monoisotopic (exact) mass is 404 g/mol. The number of carboxylic acids is 1. The van der Waals surface area contributed by atoms with E-state index < -0.39 is 18.4 Å². The van der Waals surface area contributed by atoms with E-state index in [1.54, 1.807) is 24.3 Å². The lowest BCUT2D eigenvalue weighted by molar-refractivity contribution is -0.136. The van der Waals surface area contributed by atoms with Crippen LogP contribution in [-0.4, -0.2) is 57.9 Å². The van der Waals surface area contributed by atoms with Crippen LogP contribution in [0.3, 0.4) is 0 Å². The van der Waals surface area contributed by atoms with Crippen LogP contribution < -0.4 is 4.90 Å². The van der Waals surface area contributed by atoms with Gasteiger partial charge in [-0.25, -0.2) is 0 Å². The van der Waals surface area contributed by atoms with E-state index in [1.165, 1.54) is 9.80 Å². The highest BCUT2D eigenvalue weighted by molar-refractivity contribution is 8.26. The number of anilines is 1. The molecule has 0 spiro atoms. The second kappa shape index (κ2) is 7.06. The first-order valence-electron chi connectivity index (χ1n) is 8.50. The molecule has 1 atom stereocenters. The molecule has 3 aliphatic rings. The summed E-state index contributed by atoms with van der Waals surface area (Å²) in [5.74, 6) is -1.93. The first kappa shape index (κ1) is 18.1. The molecule has 27 heavy (non-hydrogen) atoms. The van der Waals surface area contributed by atoms with Gasteiger partial charge in [0.15, 0.2) is 0 Å². The molecule has 0 bridgehead atoms. The number of aliphatic carboxylic acids is 1. The summed E-state index contributed by atoms with van der Waals surface area (Å²) < 4.78 is 5.98. The van der Waals surface area contributed by atoms with Crippen molar-refractivity contribution >= 4 is 57.3 Å². The largest absolute Gasteiger partial charge is 0.480 e. The fourth-order valence-corrected chi connectivity index (χ4v) is 4.84. The Kier molecular flexibility index (Phi) is 4.75. The molecule has 3 heterocycles. The molecular weight excluding hydrogens is 388 g/mol. The van der Waals surface area contributed by atoms with E-state index in [1.807, 2.05) is 0 Å². The summed E-state index contributed by atoms with van der Waals surface area (Å²) in [5, 5.41) is 9.14. The van der Waals surface area contributed by atoms with Crippen LogP contribution in [0.5, 0.6) is 0 Å². The van der Waals surface area contributed by atoms with Gasteiger partial charge in [0.2, 0.25) is 0 Å². The molecule has 0 radical (unpaired) electrons. The van der Waals surface area contributed by atoms with Gasteiger partial charge in [0.05, 0.1) is 28.8 Å². The van der Waals surface area contributed by atoms with Crippen LogP contribution >= 0.6 is 24.0 Å². The van der Waals surface area contributed by atoms with Crippen LogP contribution in [0.4, 0.5) is 5.69 Å². The fourth-order valence-electron chi connectivity index (χ4n) is 3.49. The molecule has 2 saturated heterocycles. The van der Waals surface area contributed by atoms with Crippen LogP contribution in [0.1, 0.15) is 18.4 Å². The lowest BCUT2D eigenvalue weighted by atomic mass is 10.1. The maximum absolute atomic E-state index is 13.0. The summed E-state index contributed by atoms with van der Waals surface area (Å²) in [6.45, 7) is 0.586. The number of amides is 2. The van der Waals surface area contributed by atoms with Crippen molar-refractivity contribution < 1.29 is 24.2 Å². The van der Waals surface area contributed by atoms with Crippen molar-refractivity contribution in [3.8, 4) is 0 Å². The molecule has 1 aromatic carbocycles. The van der Waals surface area contributed by atoms with E-state index >= 15 is 0 Å². The van der Waals surface area contributed by atoms with Crippen LogP contribution in [0.2, 0.25) is 0 Å². The van der Waals surface area contributed by atoms with Gasteiger partial charge in [0, 0.05) is 12.2 Å². The summed E-state index contributed by atoms with van der Waals surface area (Å²) in [6, 6.07) is 6.88. The summed E-state index contributed by atoms with van der Waals surface area (Å²) in [6.07, 6.45) is 1.78. The standard InChI is InChI=1S/C18H16N2O5S2/c21-13(22)9-19-12-6-2-1-5-11(12)14(16(19)23)15-17(24)20(18(26)27-15)8-10-4-3-7-25-10/h1-2,5-6,10H,3-4,7-9H2,(H,21,22)/b15-14-/t10-/m0/s1. The Bertz CT molecular complexity index is 891. The lowest BCUT2D eigenvalue weighted by Crippen LogP contribution is -2.36. The maximum Gasteiger partial charge on any atom is 0.323 e. The van der Waals surface area contributed by atoms with E-state index in [-0.39, 0.29) is 22.5 Å². The Morgan fingerprint density at radius 2 is 2.04 bits per heavy atom. The predicted octanol–water partition coefficient (Wildman–Crippen LogP) is 1.87. The van der Waals surface area contributed by atoms with Crippen molar-refractivity contribution in [1.29, 1.82) is 0 Å². The Balaban J connectivity index is 1.71. The molecular formula is C18H16N2O5S2. The third kappa shape index (κ3) is 3.15. The van der Waals surface area contributed by atoms with Crippen LogP contribution in [-0.2, 0) is 19.1 Å². The second-order valence-corrected chi connectivity index (χ2v) is 8.07. The van der Waals surface area contributed by atoms with Gasteiger partial charge in [0.25, 0.3) is 11.8 Å². The quantitative estimate of drug-likeness (QED) is 0.605. The number of rotatable bonds is 4. The number of carbonyl (C=O) groups is 3. The van der Waals surface area contributed by atoms with Crippen molar-refractivity contribution in [3.63, 3.8) is 0 Å². The number of hydrogen-bond acceptors (Lipinski definition) is 6. The van der Waals surface area contributed by atoms with Gasteiger partial charge in [-0.15, -0.1) is 0 Å². The highest BCUT2D eigenvalue weighted by atomic mass is 32.2. The van der Waals surface area contributed by atoms with E-state index in [0.29, 0.717) is 28.7 Å². The average molecular weight is 404 g/mol. The molecule has 3 aliphatic heterocycles. The first-order chi connectivity index (χ1) is 13.0. The van der Waals surface area contributed by atoms with Crippen molar-refractivity contribution in [2.75, 3.05) is 24.6 Å². The van der Waals surface area contributed by atoms with Crippen molar-refractivity contribution in [2.24, 2.45) is 0 Å². The van der Waals surface area contributed by atoms with Crippen LogP contribution in [0.15, 0.2) is 29.2 Å². The smallest absolute Gasteiger partial charge is 0.323 e. The number of nitrogens with zero attached hydrogens (tertiary/aromatic N) is 2. The van der Waals surface area contributed by atoms with E-state index in [9.17, 15) is 14.4 Å². The van der Waals surface area contributed by atoms with Gasteiger partial charge in [-0.2, -0.15) is 0 Å². The van der Waals surface area contributed by atoms with Crippen LogP contribution in [0.25, 0.3) is 5.57 Å². The Morgan fingerprint density at radius 1 is 1.26 bits per heavy atom. The zero-order chi connectivity index (χ0) is 19.1. The molecule has 0 aliphatic carbocycles. The van der Waals surface area contributed by atoms with Gasteiger partial charge in [-0.05, 0) is 18.9 Å². The number of para-hydroxylation sites is 1. The molecule has 0 aromatic heterocycles. The SMILES string of the molecule is O=C(O)CN1C(=O)/C(=C2\SC(=S)N(C[C@@H]3CCCO3)C2=O)c2ccccc21. The molecule has 2 fully saturated rings. The van der Waals surface area contributed by atoms with Gasteiger partial charge in [-0.1, -0.05) is 42.2 Å². The number of thiocarbonyl (C=S) groups is 1. The average Bonchev–Trinajstić information content (AvgIpc) is 3.31. The maximum atomic E-state index is 13.0. The lowest BCUT2D eigenvalue weighted by Gasteiger charge is -2.18. The van der Waals surface area contributed by atoms with Gasteiger partial charge in [-0.3, -0.25) is 24.2 Å². The minimum Gasteiger partial charge on any atom is -0.480 e. The Morgan fingerprint density at radius 3 is 2.74 bits per heavy atom. The summed E-state index contributed by atoms with van der Waals surface area (Å²) >= 11 is 6.45. The topological polar surface area (TPSA) is 87.2 Å². The number of ether oxygens (including phenoxy) is 1. The van der Waals surface area contributed by atoms with Crippen molar-refractivity contribution in [3.05, 3.63) is 34.7 Å². The minimum absolute atomic E-state index is 0.0491. The fraction of sp³-hybridized carbons (Fsp3) is 0.333. The zero-order valence-electron chi connectivity index (χ0n) is 14.2. The number of fused-ring (bicyclic) bond motifs is 1. The number of thioether (sulfide) groups is 1. The molecule has 1 N–H and O–H groups in total. The number of benzene rings is 1. The molecule has 9 heteroatoms. The third-order valence-corrected chi connectivity index (χ3v) is 6.15. The zero-order valence-corrected chi connectivity index (χ0v) is 15.8. The normalized spacial score (nSPS) is 24.9. The predicted molar refractivity (Wildman–Crippen MR) is 104 cm³/mol. The molecule has 7 nitrogen and oxygen atoms in total. The molecule has 140 valence electrons.